The minimum atomic E-state index is -3.51. The second-order valence-corrected chi connectivity index (χ2v) is 7.38. The van der Waals surface area contributed by atoms with Crippen LogP contribution >= 0.6 is 0 Å². The van der Waals surface area contributed by atoms with E-state index in [0.29, 0.717) is 24.1 Å². The van der Waals surface area contributed by atoms with Crippen LogP contribution in [0.4, 0.5) is 0 Å². The molecule has 3 N–H and O–H groups in total. The molecule has 1 aromatic rings. The average Bonchev–Trinajstić information content (AvgIpc) is 2.45. The molecule has 0 aromatic carbocycles. The third kappa shape index (κ3) is 3.77. The van der Waals surface area contributed by atoms with Gasteiger partial charge in [-0.1, -0.05) is 19.8 Å². The highest BCUT2D eigenvalue weighted by Gasteiger charge is 2.23. The van der Waals surface area contributed by atoms with Crippen molar-refractivity contribution in [3.8, 4) is 0 Å². The molecule has 6 heteroatoms. The van der Waals surface area contributed by atoms with Gasteiger partial charge in [-0.05, 0) is 36.8 Å². The molecular weight excluding hydrogens is 274 g/mol. The van der Waals surface area contributed by atoms with Crippen molar-refractivity contribution in [1.29, 1.82) is 0 Å². The first kappa shape index (κ1) is 15.4. The van der Waals surface area contributed by atoms with Gasteiger partial charge in [0.15, 0.2) is 0 Å². The molecule has 112 valence electrons. The Kier molecular flexibility index (Phi) is 5.12. The maximum absolute atomic E-state index is 12.3. The fraction of sp³-hybridized carbons (Fsp3) is 0.643. The standard InChI is InChI=1S/C14H23N3O2S/c1-11-4-2-5-12(8-11)10-17-20(18,19)14-6-3-7-16-13(14)9-15/h3,6-7,11-12,17H,2,4-5,8-10,15H2,1H3. The summed E-state index contributed by atoms with van der Waals surface area (Å²) < 4.78 is 27.4. The van der Waals surface area contributed by atoms with E-state index in [1.165, 1.54) is 12.8 Å². The van der Waals surface area contributed by atoms with Crippen LogP contribution in [0.2, 0.25) is 0 Å². The topological polar surface area (TPSA) is 85.1 Å². The zero-order chi connectivity index (χ0) is 14.6. The lowest BCUT2D eigenvalue weighted by atomic mass is 9.83. The Labute approximate surface area is 121 Å². The van der Waals surface area contributed by atoms with E-state index < -0.39 is 10.0 Å². The van der Waals surface area contributed by atoms with Gasteiger partial charge in [0.2, 0.25) is 10.0 Å². The van der Waals surface area contributed by atoms with Crippen molar-refractivity contribution in [2.24, 2.45) is 17.6 Å². The van der Waals surface area contributed by atoms with Gasteiger partial charge in [0.05, 0.1) is 5.69 Å². The third-order valence-electron chi connectivity index (χ3n) is 3.94. The van der Waals surface area contributed by atoms with Gasteiger partial charge in [0.25, 0.3) is 0 Å². The van der Waals surface area contributed by atoms with E-state index in [2.05, 4.69) is 16.6 Å². The summed E-state index contributed by atoms with van der Waals surface area (Å²) in [6.07, 6.45) is 6.20. The van der Waals surface area contributed by atoms with E-state index >= 15 is 0 Å². The lowest BCUT2D eigenvalue weighted by Gasteiger charge is -2.26. The van der Waals surface area contributed by atoms with Crippen LogP contribution < -0.4 is 10.5 Å². The molecule has 1 saturated carbocycles. The predicted octanol–water partition coefficient (Wildman–Crippen LogP) is 1.64. The van der Waals surface area contributed by atoms with E-state index in [4.69, 9.17) is 5.73 Å². The summed E-state index contributed by atoms with van der Waals surface area (Å²) >= 11 is 0. The Morgan fingerprint density at radius 1 is 1.45 bits per heavy atom. The largest absolute Gasteiger partial charge is 0.325 e. The second-order valence-electron chi connectivity index (χ2n) is 5.64. The molecule has 2 atom stereocenters. The molecule has 0 saturated heterocycles. The van der Waals surface area contributed by atoms with Gasteiger partial charge in [-0.3, -0.25) is 4.98 Å². The van der Waals surface area contributed by atoms with Gasteiger partial charge >= 0.3 is 0 Å². The predicted molar refractivity (Wildman–Crippen MR) is 78.4 cm³/mol. The number of nitrogens with two attached hydrogens (primary N) is 1. The monoisotopic (exact) mass is 297 g/mol. The van der Waals surface area contributed by atoms with Crippen molar-refractivity contribution in [3.63, 3.8) is 0 Å². The fourth-order valence-electron chi connectivity index (χ4n) is 2.87. The lowest BCUT2D eigenvalue weighted by Crippen LogP contribution is -2.32. The van der Waals surface area contributed by atoms with Crippen LogP contribution in [0.3, 0.4) is 0 Å². The molecule has 0 amide bonds. The number of nitrogens with one attached hydrogen (secondary N) is 1. The van der Waals surface area contributed by atoms with Gasteiger partial charge in [-0.2, -0.15) is 0 Å². The van der Waals surface area contributed by atoms with Crippen molar-refractivity contribution in [1.82, 2.24) is 9.71 Å². The van der Waals surface area contributed by atoms with Crippen LogP contribution in [0.5, 0.6) is 0 Å². The van der Waals surface area contributed by atoms with Gasteiger partial charge in [0.1, 0.15) is 4.90 Å². The Morgan fingerprint density at radius 2 is 2.25 bits per heavy atom. The van der Waals surface area contributed by atoms with Gasteiger partial charge < -0.3 is 5.73 Å². The molecule has 0 aliphatic heterocycles. The summed E-state index contributed by atoms with van der Waals surface area (Å²) in [6.45, 7) is 2.86. The van der Waals surface area contributed by atoms with Crippen molar-refractivity contribution >= 4 is 10.0 Å². The number of nitrogens with zero attached hydrogens (tertiary/aromatic N) is 1. The highest BCUT2D eigenvalue weighted by Crippen LogP contribution is 2.28. The minimum absolute atomic E-state index is 0.123. The molecule has 20 heavy (non-hydrogen) atoms. The first-order chi connectivity index (χ1) is 9.53. The normalized spacial score (nSPS) is 23.7. The van der Waals surface area contributed by atoms with Crippen molar-refractivity contribution in [2.75, 3.05) is 6.54 Å². The van der Waals surface area contributed by atoms with Crippen molar-refractivity contribution in [3.05, 3.63) is 24.0 Å². The van der Waals surface area contributed by atoms with Crippen molar-refractivity contribution < 1.29 is 8.42 Å². The molecule has 1 aliphatic carbocycles. The zero-order valence-electron chi connectivity index (χ0n) is 11.9. The highest BCUT2D eigenvalue weighted by atomic mass is 32.2. The lowest BCUT2D eigenvalue weighted by molar-refractivity contribution is 0.283. The van der Waals surface area contributed by atoms with E-state index in [9.17, 15) is 8.42 Å². The van der Waals surface area contributed by atoms with Crippen LogP contribution in [-0.2, 0) is 16.6 Å². The summed E-state index contributed by atoms with van der Waals surface area (Å²) in [7, 11) is -3.51. The summed E-state index contributed by atoms with van der Waals surface area (Å²) in [5.41, 5.74) is 5.96. The van der Waals surface area contributed by atoms with E-state index in [1.807, 2.05) is 0 Å². The molecule has 5 nitrogen and oxygen atoms in total. The molecule has 2 unspecified atom stereocenters. The van der Waals surface area contributed by atoms with Gasteiger partial charge in [-0.25, -0.2) is 13.1 Å². The molecule has 1 aromatic heterocycles. The van der Waals surface area contributed by atoms with Gasteiger partial charge in [0, 0.05) is 19.3 Å². The number of pyridine rings is 1. The van der Waals surface area contributed by atoms with E-state index in [0.717, 1.165) is 12.8 Å². The highest BCUT2D eigenvalue weighted by molar-refractivity contribution is 7.89. The Hall–Kier alpha value is -0.980. The van der Waals surface area contributed by atoms with E-state index in [1.54, 1.807) is 18.3 Å². The smallest absolute Gasteiger partial charge is 0.242 e. The number of rotatable bonds is 5. The fourth-order valence-corrected chi connectivity index (χ4v) is 4.19. The molecule has 0 radical (unpaired) electrons. The van der Waals surface area contributed by atoms with Crippen LogP contribution in [0.15, 0.2) is 23.2 Å². The summed E-state index contributed by atoms with van der Waals surface area (Å²) in [6, 6.07) is 3.18. The average molecular weight is 297 g/mol. The third-order valence-corrected chi connectivity index (χ3v) is 5.44. The molecule has 2 rings (SSSR count). The molecular formula is C14H23N3O2S. The van der Waals surface area contributed by atoms with Gasteiger partial charge in [-0.15, -0.1) is 0 Å². The summed E-state index contributed by atoms with van der Waals surface area (Å²) in [5, 5.41) is 0. The SMILES string of the molecule is CC1CCCC(CNS(=O)(=O)c2cccnc2CN)C1. The number of sulfonamides is 1. The van der Waals surface area contributed by atoms with Crippen LogP contribution in [-0.4, -0.2) is 19.9 Å². The second kappa shape index (κ2) is 6.65. The molecule has 1 fully saturated rings. The Morgan fingerprint density at radius 3 is 2.95 bits per heavy atom. The summed E-state index contributed by atoms with van der Waals surface area (Å²) in [4.78, 5) is 4.23. The maximum atomic E-state index is 12.3. The number of hydrogen-bond acceptors (Lipinski definition) is 4. The van der Waals surface area contributed by atoms with Crippen molar-refractivity contribution in [2.45, 2.75) is 44.0 Å². The number of hydrogen-bond donors (Lipinski definition) is 2. The zero-order valence-corrected chi connectivity index (χ0v) is 12.7. The molecule has 0 bridgehead atoms. The molecule has 1 heterocycles. The van der Waals surface area contributed by atoms with Crippen LogP contribution in [0, 0.1) is 11.8 Å². The first-order valence-electron chi connectivity index (χ1n) is 7.16. The Balaban J connectivity index is 2.04. The first-order valence-corrected chi connectivity index (χ1v) is 8.65. The molecule has 0 spiro atoms. The minimum Gasteiger partial charge on any atom is -0.325 e. The quantitative estimate of drug-likeness (QED) is 0.865. The molecule has 1 aliphatic rings. The summed E-state index contributed by atoms with van der Waals surface area (Å²) in [5.74, 6) is 1.13. The van der Waals surface area contributed by atoms with Crippen LogP contribution in [0.25, 0.3) is 0 Å². The maximum Gasteiger partial charge on any atom is 0.242 e. The Bertz CT molecular complexity index is 545. The van der Waals surface area contributed by atoms with E-state index in [-0.39, 0.29) is 11.4 Å². The number of aromatic nitrogens is 1. The van der Waals surface area contributed by atoms with Crippen LogP contribution in [0.1, 0.15) is 38.3 Å².